The molecular weight excluding hydrogens is 360 g/mol. The lowest BCUT2D eigenvalue weighted by Crippen LogP contribution is -2.13. The van der Waals surface area contributed by atoms with Gasteiger partial charge in [-0.05, 0) is 36.1 Å². The number of carbonyl (C=O) groups is 1. The largest absolute Gasteiger partial charge is 0.324 e. The van der Waals surface area contributed by atoms with Crippen LogP contribution in [0.3, 0.4) is 0 Å². The van der Waals surface area contributed by atoms with E-state index in [1.807, 2.05) is 6.07 Å². The van der Waals surface area contributed by atoms with Crippen molar-refractivity contribution in [2.45, 2.75) is 26.7 Å². The number of carbonyl (C=O) groups excluding carboxylic acids is 1. The van der Waals surface area contributed by atoms with E-state index in [2.05, 4.69) is 52.6 Å². The summed E-state index contributed by atoms with van der Waals surface area (Å²) in [6.45, 7) is 4.23. The Morgan fingerprint density at radius 1 is 0.963 bits per heavy atom. The second-order valence-electron chi connectivity index (χ2n) is 6.01. The van der Waals surface area contributed by atoms with Gasteiger partial charge in [0.25, 0.3) is 5.91 Å². The molecule has 1 amide bonds. The fourth-order valence-corrected chi connectivity index (χ4v) is 2.96. The molecule has 0 saturated carbocycles. The highest BCUT2D eigenvalue weighted by Gasteiger charge is 2.11. The van der Waals surface area contributed by atoms with Crippen LogP contribution in [0.25, 0.3) is 0 Å². The zero-order chi connectivity index (χ0) is 19.2. The number of aryl methyl sites for hydroxylation is 2. The van der Waals surface area contributed by atoms with Crippen LogP contribution in [0.15, 0.2) is 54.9 Å². The van der Waals surface area contributed by atoms with Crippen molar-refractivity contribution in [2.75, 3.05) is 10.6 Å². The molecule has 1 aromatic heterocycles. The van der Waals surface area contributed by atoms with Crippen LogP contribution in [0.5, 0.6) is 0 Å². The molecule has 6 heteroatoms. The molecule has 0 saturated heterocycles. The summed E-state index contributed by atoms with van der Waals surface area (Å²) in [4.78, 5) is 21.0. The number of aromatic nitrogens is 2. The van der Waals surface area contributed by atoms with Crippen molar-refractivity contribution in [1.29, 1.82) is 0 Å². The predicted molar refractivity (Wildman–Crippen MR) is 110 cm³/mol. The van der Waals surface area contributed by atoms with Gasteiger partial charge in [-0.25, -0.2) is 9.97 Å². The van der Waals surface area contributed by atoms with E-state index in [4.69, 9.17) is 11.6 Å². The highest BCUT2D eigenvalue weighted by molar-refractivity contribution is 6.33. The number of halogens is 1. The molecule has 3 rings (SSSR count). The van der Waals surface area contributed by atoms with Gasteiger partial charge in [0.05, 0.1) is 16.3 Å². The van der Waals surface area contributed by atoms with E-state index in [0.29, 0.717) is 22.2 Å². The normalized spacial score (nSPS) is 10.5. The van der Waals surface area contributed by atoms with E-state index >= 15 is 0 Å². The van der Waals surface area contributed by atoms with Crippen LogP contribution in [-0.4, -0.2) is 15.9 Å². The van der Waals surface area contributed by atoms with E-state index < -0.39 is 0 Å². The number of para-hydroxylation sites is 2. The van der Waals surface area contributed by atoms with E-state index in [0.717, 1.165) is 18.5 Å². The van der Waals surface area contributed by atoms with Crippen molar-refractivity contribution in [1.82, 2.24) is 9.97 Å². The van der Waals surface area contributed by atoms with Crippen LogP contribution < -0.4 is 10.6 Å². The van der Waals surface area contributed by atoms with Gasteiger partial charge in [0, 0.05) is 18.1 Å². The van der Waals surface area contributed by atoms with Crippen molar-refractivity contribution in [3.8, 4) is 0 Å². The summed E-state index contributed by atoms with van der Waals surface area (Å²) in [6, 6.07) is 13.3. The second kappa shape index (κ2) is 8.64. The monoisotopic (exact) mass is 380 g/mol. The summed E-state index contributed by atoms with van der Waals surface area (Å²) in [5.74, 6) is 0.151. The summed E-state index contributed by atoms with van der Waals surface area (Å²) >= 11 is 6.07. The number of amides is 1. The summed E-state index contributed by atoms with van der Waals surface area (Å²) in [5.41, 5.74) is 4.36. The van der Waals surface area contributed by atoms with E-state index in [1.165, 1.54) is 23.5 Å². The predicted octanol–water partition coefficient (Wildman–Crippen LogP) is 5.25. The summed E-state index contributed by atoms with van der Waals surface area (Å²) in [5, 5.41) is 6.53. The first-order valence-electron chi connectivity index (χ1n) is 8.88. The highest BCUT2D eigenvalue weighted by Crippen LogP contribution is 2.25. The number of rotatable bonds is 6. The quantitative estimate of drug-likeness (QED) is 0.612. The molecule has 2 aromatic carbocycles. The standard InChI is InChI=1S/C21H21ClN4O/c1-3-14-8-7-9-15(4-2)19(14)26-21-23-12-16(13-24-21)20(27)25-18-11-6-5-10-17(18)22/h5-13H,3-4H2,1-2H3,(H,25,27)(H,23,24,26). The molecule has 0 aliphatic heterocycles. The van der Waals surface area contributed by atoms with E-state index in [9.17, 15) is 4.79 Å². The van der Waals surface area contributed by atoms with Crippen LogP contribution >= 0.6 is 11.6 Å². The molecule has 0 unspecified atom stereocenters. The number of nitrogens with one attached hydrogen (secondary N) is 2. The average Bonchev–Trinajstić information content (AvgIpc) is 2.70. The zero-order valence-electron chi connectivity index (χ0n) is 15.3. The topological polar surface area (TPSA) is 66.9 Å². The third-order valence-electron chi connectivity index (χ3n) is 4.27. The molecule has 0 spiro atoms. The Morgan fingerprint density at radius 2 is 1.59 bits per heavy atom. The molecule has 138 valence electrons. The lowest BCUT2D eigenvalue weighted by atomic mass is 10.0. The molecule has 3 aromatic rings. The van der Waals surface area contributed by atoms with Crippen LogP contribution in [-0.2, 0) is 12.8 Å². The first-order valence-corrected chi connectivity index (χ1v) is 9.25. The van der Waals surface area contributed by atoms with Crippen LogP contribution in [0, 0.1) is 0 Å². The van der Waals surface area contributed by atoms with Gasteiger partial charge in [-0.3, -0.25) is 4.79 Å². The second-order valence-corrected chi connectivity index (χ2v) is 6.42. The Hall–Kier alpha value is -2.92. The van der Waals surface area contributed by atoms with Gasteiger partial charge in [-0.1, -0.05) is 55.8 Å². The molecule has 27 heavy (non-hydrogen) atoms. The Balaban J connectivity index is 1.76. The highest BCUT2D eigenvalue weighted by atomic mass is 35.5. The molecule has 0 atom stereocenters. The van der Waals surface area contributed by atoms with Gasteiger partial charge in [-0.2, -0.15) is 0 Å². The molecule has 0 aliphatic carbocycles. The van der Waals surface area contributed by atoms with Crippen LogP contribution in [0.1, 0.15) is 35.3 Å². The Bertz CT molecular complexity index is 919. The molecule has 0 fully saturated rings. The molecule has 0 aliphatic rings. The third kappa shape index (κ3) is 4.44. The fourth-order valence-electron chi connectivity index (χ4n) is 2.78. The lowest BCUT2D eigenvalue weighted by molar-refractivity contribution is 0.102. The first-order chi connectivity index (χ1) is 13.1. The van der Waals surface area contributed by atoms with Gasteiger partial charge in [0.2, 0.25) is 5.95 Å². The summed E-state index contributed by atoms with van der Waals surface area (Å²) in [6.07, 6.45) is 4.83. The molecule has 0 bridgehead atoms. The van der Waals surface area contributed by atoms with Gasteiger partial charge in [0.1, 0.15) is 0 Å². The SMILES string of the molecule is CCc1cccc(CC)c1Nc1ncc(C(=O)Nc2ccccc2Cl)cn1. The van der Waals surface area contributed by atoms with Gasteiger partial charge >= 0.3 is 0 Å². The minimum atomic E-state index is -0.308. The molecule has 0 radical (unpaired) electrons. The van der Waals surface area contributed by atoms with Gasteiger partial charge in [0.15, 0.2) is 0 Å². The number of hydrogen-bond donors (Lipinski definition) is 2. The zero-order valence-corrected chi connectivity index (χ0v) is 16.0. The third-order valence-corrected chi connectivity index (χ3v) is 4.60. The van der Waals surface area contributed by atoms with Crippen LogP contribution in [0.4, 0.5) is 17.3 Å². The minimum absolute atomic E-state index is 0.308. The lowest BCUT2D eigenvalue weighted by Gasteiger charge is -2.14. The number of anilines is 3. The molecule has 2 N–H and O–H groups in total. The summed E-state index contributed by atoms with van der Waals surface area (Å²) < 4.78 is 0. The Morgan fingerprint density at radius 3 is 2.19 bits per heavy atom. The maximum atomic E-state index is 12.4. The van der Waals surface area contributed by atoms with Gasteiger partial charge < -0.3 is 10.6 Å². The van der Waals surface area contributed by atoms with Crippen molar-refractivity contribution in [2.24, 2.45) is 0 Å². The van der Waals surface area contributed by atoms with Crippen molar-refractivity contribution in [3.63, 3.8) is 0 Å². The van der Waals surface area contributed by atoms with Crippen molar-refractivity contribution in [3.05, 3.63) is 76.6 Å². The smallest absolute Gasteiger partial charge is 0.258 e. The fraction of sp³-hybridized carbons (Fsp3) is 0.190. The maximum absolute atomic E-state index is 12.4. The number of hydrogen-bond acceptors (Lipinski definition) is 4. The summed E-state index contributed by atoms with van der Waals surface area (Å²) in [7, 11) is 0. The Kier molecular flexibility index (Phi) is 6.04. The van der Waals surface area contributed by atoms with Crippen LogP contribution in [0.2, 0.25) is 5.02 Å². The number of benzene rings is 2. The van der Waals surface area contributed by atoms with Gasteiger partial charge in [-0.15, -0.1) is 0 Å². The molecule has 1 heterocycles. The molecule has 5 nitrogen and oxygen atoms in total. The number of nitrogens with zero attached hydrogens (tertiary/aromatic N) is 2. The van der Waals surface area contributed by atoms with E-state index in [1.54, 1.807) is 18.2 Å². The molecular formula is C21H21ClN4O. The minimum Gasteiger partial charge on any atom is -0.324 e. The van der Waals surface area contributed by atoms with Crippen molar-refractivity contribution >= 4 is 34.8 Å². The first kappa shape index (κ1) is 18.9. The Labute approximate surface area is 163 Å². The van der Waals surface area contributed by atoms with E-state index in [-0.39, 0.29) is 5.91 Å². The maximum Gasteiger partial charge on any atom is 0.258 e. The average molecular weight is 381 g/mol. The van der Waals surface area contributed by atoms with Crippen molar-refractivity contribution < 1.29 is 4.79 Å².